The van der Waals surface area contributed by atoms with E-state index in [0.29, 0.717) is 35.6 Å². The number of nitrogens with one attached hydrogen (secondary N) is 2. The van der Waals surface area contributed by atoms with Crippen molar-refractivity contribution in [1.29, 1.82) is 0 Å². The van der Waals surface area contributed by atoms with Gasteiger partial charge in [-0.15, -0.1) is 0 Å². The number of benzene rings is 2. The van der Waals surface area contributed by atoms with Gasteiger partial charge in [0, 0.05) is 47.8 Å². The number of carbonyl (C=O) groups excluding carboxylic acids is 2. The Balaban J connectivity index is 1.38. The van der Waals surface area contributed by atoms with Crippen molar-refractivity contribution < 1.29 is 19.5 Å². The number of fused-ring (bicyclic) bond motifs is 2. The Morgan fingerprint density at radius 2 is 1.81 bits per heavy atom. The molecule has 2 saturated heterocycles. The van der Waals surface area contributed by atoms with Gasteiger partial charge in [-0.25, -0.2) is 4.79 Å². The molecule has 5 N–H and O–H groups in total. The number of aryl methyl sites for hydroxylation is 1. The second-order valence-corrected chi connectivity index (χ2v) is 11.7. The fourth-order valence-corrected chi connectivity index (χ4v) is 5.73. The standard InChI is InChI=1S/C28H35N5O4/c1-16-5-6-17(24(34)30-18-7-8-18)11-23(16)31-25(35)21-12-19(9-10-22(21)29)32-15-28(27(2,3)4)13-20(32)14-33(28)26(36)37/h5-6,9-12,18,20H,7-8,13-15,29H2,1-4H3,(H,30,34)(H,31,35)(H,36,37)/t20-,28+/m0/s1. The minimum Gasteiger partial charge on any atom is -0.465 e. The molecule has 0 radical (unpaired) electrons. The molecule has 0 aromatic heterocycles. The van der Waals surface area contributed by atoms with E-state index < -0.39 is 11.6 Å². The quantitative estimate of drug-likeness (QED) is 0.454. The highest BCUT2D eigenvalue weighted by Gasteiger charge is 2.61. The Labute approximate surface area is 217 Å². The van der Waals surface area contributed by atoms with Gasteiger partial charge in [-0.1, -0.05) is 26.8 Å². The number of anilines is 3. The lowest BCUT2D eigenvalue weighted by Gasteiger charge is -2.48. The second kappa shape index (κ2) is 8.68. The van der Waals surface area contributed by atoms with Crippen LogP contribution in [-0.2, 0) is 0 Å². The number of rotatable bonds is 5. The number of carboxylic acid groups (broad SMARTS) is 1. The highest BCUT2D eigenvalue weighted by molar-refractivity contribution is 6.09. The lowest BCUT2D eigenvalue weighted by Crippen LogP contribution is -2.61. The molecule has 2 atom stereocenters. The average Bonchev–Trinajstić information content (AvgIpc) is 3.43. The van der Waals surface area contributed by atoms with Crippen LogP contribution in [0.1, 0.15) is 66.3 Å². The van der Waals surface area contributed by atoms with Gasteiger partial charge in [0.2, 0.25) is 0 Å². The number of piperazine rings is 1. The van der Waals surface area contributed by atoms with Gasteiger partial charge in [-0.2, -0.15) is 0 Å². The van der Waals surface area contributed by atoms with Crippen LogP contribution in [0.25, 0.3) is 0 Å². The van der Waals surface area contributed by atoms with Crippen LogP contribution in [0.2, 0.25) is 0 Å². The van der Waals surface area contributed by atoms with E-state index in [0.717, 1.165) is 30.5 Å². The number of hydrogen-bond donors (Lipinski definition) is 4. The summed E-state index contributed by atoms with van der Waals surface area (Å²) in [5.41, 5.74) is 8.89. The molecule has 1 aliphatic carbocycles. The van der Waals surface area contributed by atoms with Crippen LogP contribution in [0.15, 0.2) is 36.4 Å². The number of likely N-dealkylation sites (tertiary alicyclic amines) is 1. The monoisotopic (exact) mass is 505 g/mol. The van der Waals surface area contributed by atoms with Crippen molar-refractivity contribution in [2.45, 2.75) is 64.6 Å². The minimum atomic E-state index is -0.891. The smallest absolute Gasteiger partial charge is 0.407 e. The van der Waals surface area contributed by atoms with Crippen LogP contribution in [0, 0.1) is 12.3 Å². The number of carbonyl (C=O) groups is 3. The Hall–Kier alpha value is -3.75. The van der Waals surface area contributed by atoms with E-state index in [4.69, 9.17) is 5.73 Å². The van der Waals surface area contributed by atoms with Gasteiger partial charge in [0.15, 0.2) is 0 Å². The van der Waals surface area contributed by atoms with Crippen LogP contribution in [-0.4, -0.2) is 58.6 Å². The van der Waals surface area contributed by atoms with Crippen LogP contribution in [0.5, 0.6) is 0 Å². The molecule has 37 heavy (non-hydrogen) atoms. The maximum Gasteiger partial charge on any atom is 0.407 e. The molecule has 5 rings (SSSR count). The Bertz CT molecular complexity index is 1280. The highest BCUT2D eigenvalue weighted by Crippen LogP contribution is 2.51. The van der Waals surface area contributed by atoms with Crippen LogP contribution < -0.4 is 21.3 Å². The molecule has 2 aromatic carbocycles. The summed E-state index contributed by atoms with van der Waals surface area (Å²) in [6.07, 6.45) is 1.85. The summed E-state index contributed by atoms with van der Waals surface area (Å²) in [6.45, 7) is 9.09. The van der Waals surface area contributed by atoms with Crippen molar-refractivity contribution in [2.75, 3.05) is 29.0 Å². The molecule has 9 nitrogen and oxygen atoms in total. The number of nitrogen functional groups attached to an aromatic ring is 1. The molecule has 2 bridgehead atoms. The molecule has 2 aromatic rings. The van der Waals surface area contributed by atoms with Gasteiger partial charge in [-0.3, -0.25) is 14.5 Å². The molecule has 3 aliphatic rings. The first-order valence-corrected chi connectivity index (χ1v) is 12.8. The largest absolute Gasteiger partial charge is 0.465 e. The van der Waals surface area contributed by atoms with E-state index in [1.54, 1.807) is 29.2 Å². The van der Waals surface area contributed by atoms with Crippen molar-refractivity contribution in [3.8, 4) is 0 Å². The summed E-state index contributed by atoms with van der Waals surface area (Å²) in [6, 6.07) is 10.9. The topological polar surface area (TPSA) is 128 Å². The van der Waals surface area contributed by atoms with Crippen LogP contribution in [0.4, 0.5) is 21.9 Å². The molecule has 196 valence electrons. The third-order valence-corrected chi connectivity index (χ3v) is 8.26. The first kappa shape index (κ1) is 24.9. The van der Waals surface area contributed by atoms with Crippen LogP contribution in [0.3, 0.4) is 0 Å². The molecule has 0 spiro atoms. The summed E-state index contributed by atoms with van der Waals surface area (Å²) < 4.78 is 0. The van der Waals surface area contributed by atoms with Crippen molar-refractivity contribution in [2.24, 2.45) is 5.41 Å². The van der Waals surface area contributed by atoms with E-state index >= 15 is 0 Å². The Kier molecular flexibility index (Phi) is 5.84. The molecule has 3 fully saturated rings. The molecule has 3 amide bonds. The number of hydrogen-bond acceptors (Lipinski definition) is 5. The second-order valence-electron chi connectivity index (χ2n) is 11.7. The normalized spacial score (nSPS) is 22.8. The van der Waals surface area contributed by atoms with E-state index in [-0.39, 0.29) is 29.3 Å². The molecule has 1 saturated carbocycles. The minimum absolute atomic E-state index is 0.0266. The summed E-state index contributed by atoms with van der Waals surface area (Å²) in [5.74, 6) is -0.504. The summed E-state index contributed by atoms with van der Waals surface area (Å²) in [7, 11) is 0. The number of amides is 3. The zero-order valence-corrected chi connectivity index (χ0v) is 21.8. The van der Waals surface area contributed by atoms with Gasteiger partial charge in [0.05, 0.1) is 11.1 Å². The SMILES string of the molecule is Cc1ccc(C(=O)NC2CC2)cc1NC(=O)c1cc(N2C[C@@]3(C(C)(C)C)C[C@H]2CN3C(=O)O)ccc1N. The predicted octanol–water partition coefficient (Wildman–Crippen LogP) is 4.08. The fourth-order valence-electron chi connectivity index (χ4n) is 5.73. The van der Waals surface area contributed by atoms with Gasteiger partial charge >= 0.3 is 6.09 Å². The summed E-state index contributed by atoms with van der Waals surface area (Å²) in [4.78, 5) is 41.7. The molecular formula is C28H35N5O4. The zero-order chi connectivity index (χ0) is 26.7. The van der Waals surface area contributed by atoms with Gasteiger partial charge < -0.3 is 26.4 Å². The molecule has 9 heteroatoms. The summed E-state index contributed by atoms with van der Waals surface area (Å²) >= 11 is 0. The van der Waals surface area contributed by atoms with E-state index in [1.165, 1.54) is 0 Å². The van der Waals surface area contributed by atoms with E-state index in [1.807, 2.05) is 19.1 Å². The molecule has 2 aliphatic heterocycles. The Morgan fingerprint density at radius 3 is 2.46 bits per heavy atom. The van der Waals surface area contributed by atoms with Crippen molar-refractivity contribution in [3.63, 3.8) is 0 Å². The fraction of sp³-hybridized carbons (Fsp3) is 0.464. The van der Waals surface area contributed by atoms with Gasteiger partial charge in [0.1, 0.15) is 0 Å². The van der Waals surface area contributed by atoms with Crippen molar-refractivity contribution >= 4 is 35.0 Å². The van der Waals surface area contributed by atoms with Gasteiger partial charge in [0.25, 0.3) is 11.8 Å². The van der Waals surface area contributed by atoms with Crippen LogP contribution >= 0.6 is 0 Å². The lowest BCUT2D eigenvalue weighted by molar-refractivity contribution is 0.0363. The number of nitrogens with zero attached hydrogens (tertiary/aromatic N) is 2. The first-order valence-electron chi connectivity index (χ1n) is 12.8. The zero-order valence-electron chi connectivity index (χ0n) is 21.8. The number of nitrogens with two attached hydrogens (primary N) is 1. The van der Waals surface area contributed by atoms with E-state index in [9.17, 15) is 19.5 Å². The molecule has 0 unspecified atom stereocenters. The van der Waals surface area contributed by atoms with E-state index in [2.05, 4.69) is 36.3 Å². The molecular weight excluding hydrogens is 470 g/mol. The lowest BCUT2D eigenvalue weighted by atomic mass is 9.73. The summed E-state index contributed by atoms with van der Waals surface area (Å²) in [5, 5.41) is 15.8. The highest BCUT2D eigenvalue weighted by atomic mass is 16.4. The Morgan fingerprint density at radius 1 is 1.08 bits per heavy atom. The maximum atomic E-state index is 13.4. The third kappa shape index (κ3) is 4.36. The first-order chi connectivity index (χ1) is 17.4. The molecule has 2 heterocycles. The average molecular weight is 506 g/mol. The third-order valence-electron chi connectivity index (χ3n) is 8.26. The predicted molar refractivity (Wildman–Crippen MR) is 143 cm³/mol. The van der Waals surface area contributed by atoms with Gasteiger partial charge in [-0.05, 0) is 67.5 Å². The van der Waals surface area contributed by atoms with Crippen molar-refractivity contribution in [1.82, 2.24) is 10.2 Å². The maximum absolute atomic E-state index is 13.4. The van der Waals surface area contributed by atoms with Crippen molar-refractivity contribution in [3.05, 3.63) is 53.1 Å².